The Kier molecular flexibility index (Phi) is 6.40. The highest BCUT2D eigenvalue weighted by Crippen LogP contribution is 2.34. The summed E-state index contributed by atoms with van der Waals surface area (Å²) in [5.74, 6) is 1.99. The molecule has 0 radical (unpaired) electrons. The second-order valence-corrected chi connectivity index (χ2v) is 6.33. The van der Waals surface area contributed by atoms with Crippen molar-refractivity contribution in [1.82, 2.24) is 4.98 Å². The van der Waals surface area contributed by atoms with Gasteiger partial charge >= 0.3 is 0 Å². The van der Waals surface area contributed by atoms with Gasteiger partial charge < -0.3 is 15.3 Å². The second-order valence-electron chi connectivity index (χ2n) is 5.52. The Labute approximate surface area is 136 Å². The summed E-state index contributed by atoms with van der Waals surface area (Å²) in [7, 11) is 0. The molecule has 0 bridgehead atoms. The third kappa shape index (κ3) is 4.38. The Hall–Kier alpha value is -0.710. The molecule has 1 fully saturated rings. The molecule has 1 aromatic rings. The van der Waals surface area contributed by atoms with Crippen molar-refractivity contribution in [3.63, 3.8) is 0 Å². The maximum atomic E-state index is 9.12. The fraction of sp³-hybridized carbons (Fsp3) is 0.667. The van der Waals surface area contributed by atoms with E-state index >= 15 is 0 Å². The van der Waals surface area contributed by atoms with Gasteiger partial charge in [-0.3, -0.25) is 0 Å². The highest BCUT2D eigenvalue weighted by Gasteiger charge is 2.23. The molecule has 0 aromatic carbocycles. The third-order valence-corrected chi connectivity index (χ3v) is 4.38. The van der Waals surface area contributed by atoms with E-state index in [0.29, 0.717) is 21.8 Å². The Morgan fingerprint density at radius 2 is 2.24 bits per heavy atom. The van der Waals surface area contributed by atoms with Gasteiger partial charge in [0.1, 0.15) is 11.6 Å². The summed E-state index contributed by atoms with van der Waals surface area (Å²) >= 11 is 12.5. The average molecular weight is 332 g/mol. The maximum Gasteiger partial charge on any atom is 0.149 e. The van der Waals surface area contributed by atoms with Crippen LogP contribution in [0.15, 0.2) is 6.07 Å². The average Bonchev–Trinajstić information content (AvgIpc) is 2.47. The molecule has 1 aliphatic rings. The monoisotopic (exact) mass is 331 g/mol. The van der Waals surface area contributed by atoms with Crippen LogP contribution in [0.5, 0.6) is 0 Å². The van der Waals surface area contributed by atoms with Crippen molar-refractivity contribution >= 4 is 34.8 Å². The number of aliphatic hydroxyl groups is 1. The number of hydrogen-bond acceptors (Lipinski definition) is 4. The van der Waals surface area contributed by atoms with Crippen LogP contribution in [-0.2, 0) is 0 Å². The summed E-state index contributed by atoms with van der Waals surface area (Å²) in [5, 5.41) is 13.5. The number of piperidine rings is 1. The molecule has 1 saturated heterocycles. The maximum absolute atomic E-state index is 9.12. The summed E-state index contributed by atoms with van der Waals surface area (Å²) in [5.41, 5.74) is 0. The van der Waals surface area contributed by atoms with Gasteiger partial charge in [-0.1, -0.05) is 30.1 Å². The van der Waals surface area contributed by atoms with E-state index < -0.39 is 0 Å². The number of halogens is 2. The van der Waals surface area contributed by atoms with Crippen LogP contribution in [0.4, 0.5) is 11.6 Å². The van der Waals surface area contributed by atoms with Gasteiger partial charge in [-0.25, -0.2) is 4.98 Å². The standard InChI is InChI=1S/C15H23Cl2N3O/c1-2-6-18-14-12(16)9-13(17)15(19-14)20-7-3-4-11(10-20)5-8-21/h9,11,21H,2-8,10H2,1H3,(H,18,19). The van der Waals surface area contributed by atoms with E-state index in [1.54, 1.807) is 6.07 Å². The van der Waals surface area contributed by atoms with E-state index in [2.05, 4.69) is 22.1 Å². The molecule has 118 valence electrons. The first-order valence-corrected chi connectivity index (χ1v) is 8.37. The summed E-state index contributed by atoms with van der Waals surface area (Å²) in [6.07, 6.45) is 4.10. The summed E-state index contributed by atoms with van der Waals surface area (Å²) in [4.78, 5) is 6.82. The fourth-order valence-electron chi connectivity index (χ4n) is 2.72. The van der Waals surface area contributed by atoms with Crippen molar-refractivity contribution in [2.24, 2.45) is 5.92 Å². The van der Waals surface area contributed by atoms with Gasteiger partial charge in [0.25, 0.3) is 0 Å². The topological polar surface area (TPSA) is 48.4 Å². The van der Waals surface area contributed by atoms with Crippen LogP contribution in [0.1, 0.15) is 32.6 Å². The molecule has 4 nitrogen and oxygen atoms in total. The lowest BCUT2D eigenvalue weighted by Gasteiger charge is -2.34. The molecule has 2 heterocycles. The summed E-state index contributed by atoms with van der Waals surface area (Å²) < 4.78 is 0. The van der Waals surface area contributed by atoms with Gasteiger partial charge in [0.2, 0.25) is 0 Å². The van der Waals surface area contributed by atoms with E-state index in [4.69, 9.17) is 28.3 Å². The van der Waals surface area contributed by atoms with E-state index in [-0.39, 0.29) is 6.61 Å². The molecule has 0 spiro atoms. The summed E-state index contributed by atoms with van der Waals surface area (Å²) in [6.45, 7) is 5.01. The second kappa shape index (κ2) is 8.06. The van der Waals surface area contributed by atoms with Crippen LogP contribution in [0.2, 0.25) is 10.0 Å². The van der Waals surface area contributed by atoms with Crippen molar-refractivity contribution in [3.8, 4) is 0 Å². The smallest absolute Gasteiger partial charge is 0.149 e. The van der Waals surface area contributed by atoms with Crippen molar-refractivity contribution in [3.05, 3.63) is 16.1 Å². The quantitative estimate of drug-likeness (QED) is 0.832. The lowest BCUT2D eigenvalue weighted by molar-refractivity contribution is 0.244. The zero-order chi connectivity index (χ0) is 15.2. The highest BCUT2D eigenvalue weighted by atomic mass is 35.5. The Bertz CT molecular complexity index is 468. The van der Waals surface area contributed by atoms with Crippen molar-refractivity contribution in [2.75, 3.05) is 36.5 Å². The molecule has 0 aliphatic carbocycles. The number of nitrogens with one attached hydrogen (secondary N) is 1. The molecule has 1 aromatic heterocycles. The molecule has 21 heavy (non-hydrogen) atoms. The van der Waals surface area contributed by atoms with Gasteiger partial charge in [0.05, 0.1) is 10.0 Å². The van der Waals surface area contributed by atoms with E-state index in [1.165, 1.54) is 0 Å². The molecular formula is C15H23Cl2N3O. The zero-order valence-electron chi connectivity index (χ0n) is 12.4. The largest absolute Gasteiger partial charge is 0.396 e. The minimum Gasteiger partial charge on any atom is -0.396 e. The first kappa shape index (κ1) is 16.7. The van der Waals surface area contributed by atoms with Crippen molar-refractivity contribution < 1.29 is 5.11 Å². The molecule has 6 heteroatoms. The van der Waals surface area contributed by atoms with Crippen molar-refractivity contribution in [2.45, 2.75) is 32.6 Å². The van der Waals surface area contributed by atoms with Gasteiger partial charge in [0.15, 0.2) is 0 Å². The van der Waals surface area contributed by atoms with Crippen LogP contribution < -0.4 is 10.2 Å². The molecule has 0 amide bonds. The number of nitrogens with zero attached hydrogens (tertiary/aromatic N) is 2. The molecular weight excluding hydrogens is 309 g/mol. The minimum absolute atomic E-state index is 0.240. The predicted octanol–water partition coefficient (Wildman–Crippen LogP) is 3.81. The molecule has 2 rings (SSSR count). The number of rotatable bonds is 6. The van der Waals surface area contributed by atoms with Gasteiger partial charge in [-0.05, 0) is 37.7 Å². The van der Waals surface area contributed by atoms with E-state index in [1.807, 2.05) is 0 Å². The normalized spacial score (nSPS) is 18.9. The predicted molar refractivity (Wildman–Crippen MR) is 89.7 cm³/mol. The number of pyridine rings is 1. The zero-order valence-corrected chi connectivity index (χ0v) is 13.9. The van der Waals surface area contributed by atoms with Crippen LogP contribution in [0.25, 0.3) is 0 Å². The third-order valence-electron chi connectivity index (χ3n) is 3.81. The molecule has 1 aliphatic heterocycles. The fourth-order valence-corrected chi connectivity index (χ4v) is 3.27. The van der Waals surface area contributed by atoms with Crippen LogP contribution in [0.3, 0.4) is 0 Å². The number of hydrogen-bond donors (Lipinski definition) is 2. The lowest BCUT2D eigenvalue weighted by atomic mass is 9.95. The van der Waals surface area contributed by atoms with Gasteiger partial charge in [-0.15, -0.1) is 0 Å². The van der Waals surface area contributed by atoms with Crippen LogP contribution in [0, 0.1) is 5.92 Å². The van der Waals surface area contributed by atoms with E-state index in [0.717, 1.165) is 51.1 Å². The summed E-state index contributed by atoms with van der Waals surface area (Å²) in [6, 6.07) is 1.76. The molecule has 1 unspecified atom stereocenters. The first-order chi connectivity index (χ1) is 10.2. The number of aliphatic hydroxyl groups excluding tert-OH is 1. The SMILES string of the molecule is CCCNc1nc(N2CCCC(CCO)C2)c(Cl)cc1Cl. The van der Waals surface area contributed by atoms with Crippen LogP contribution >= 0.6 is 23.2 Å². The Balaban J connectivity index is 2.17. The minimum atomic E-state index is 0.240. The van der Waals surface area contributed by atoms with E-state index in [9.17, 15) is 0 Å². The van der Waals surface area contributed by atoms with Gasteiger partial charge in [0, 0.05) is 26.2 Å². The Morgan fingerprint density at radius 3 is 2.95 bits per heavy atom. The van der Waals surface area contributed by atoms with Gasteiger partial charge in [-0.2, -0.15) is 0 Å². The molecule has 2 N–H and O–H groups in total. The Morgan fingerprint density at radius 1 is 1.43 bits per heavy atom. The molecule has 1 atom stereocenters. The highest BCUT2D eigenvalue weighted by molar-refractivity contribution is 6.37. The molecule has 0 saturated carbocycles. The van der Waals surface area contributed by atoms with Crippen molar-refractivity contribution in [1.29, 1.82) is 0 Å². The first-order valence-electron chi connectivity index (χ1n) is 7.61. The number of anilines is 2. The van der Waals surface area contributed by atoms with Crippen LogP contribution in [-0.4, -0.2) is 36.3 Å². The lowest BCUT2D eigenvalue weighted by Crippen LogP contribution is -2.36. The number of aromatic nitrogens is 1.